The van der Waals surface area contributed by atoms with Crippen molar-refractivity contribution in [1.82, 2.24) is 10.2 Å². The molecule has 0 aromatic heterocycles. The summed E-state index contributed by atoms with van der Waals surface area (Å²) < 4.78 is 80.1. The lowest BCUT2D eigenvalue weighted by Gasteiger charge is -2.33. The Kier molecular flexibility index (Phi) is 9.24. The maximum Gasteiger partial charge on any atom is 0.417 e. The quantitative estimate of drug-likeness (QED) is 0.474. The van der Waals surface area contributed by atoms with Crippen LogP contribution in [0.3, 0.4) is 0 Å². The van der Waals surface area contributed by atoms with Gasteiger partial charge in [0.1, 0.15) is 18.4 Å². The van der Waals surface area contributed by atoms with Crippen molar-refractivity contribution in [3.05, 3.63) is 64.4 Å². The van der Waals surface area contributed by atoms with Crippen molar-refractivity contribution >= 4 is 39.1 Å². The molecule has 1 atom stereocenters. The van der Waals surface area contributed by atoms with Crippen LogP contribution in [0.2, 0.25) is 5.02 Å². The molecule has 0 bridgehead atoms. The fourth-order valence-corrected chi connectivity index (χ4v) is 4.43. The topological polar surface area (TPSA) is 86.8 Å². The summed E-state index contributed by atoms with van der Waals surface area (Å²) in [6, 6.07) is 6.76. The summed E-state index contributed by atoms with van der Waals surface area (Å²) in [4.78, 5) is 27.2. The second kappa shape index (κ2) is 11.3. The van der Waals surface area contributed by atoms with Gasteiger partial charge in [-0.2, -0.15) is 13.2 Å². The van der Waals surface area contributed by atoms with Gasteiger partial charge in [0.15, 0.2) is 0 Å². The first-order valence-electron chi connectivity index (χ1n) is 11.0. The molecule has 2 rings (SSSR count). The summed E-state index contributed by atoms with van der Waals surface area (Å²) in [5, 5.41) is 2.05. The molecule has 7 nitrogen and oxygen atoms in total. The molecule has 2 aromatic carbocycles. The lowest BCUT2D eigenvalue weighted by molar-refractivity contribution is -0.140. The molecular weight excluding hydrogens is 538 g/mol. The average Bonchev–Trinajstić information content (AvgIpc) is 2.74. The normalized spacial score (nSPS) is 13.1. The molecule has 204 valence electrons. The maximum absolute atomic E-state index is 14.4. The van der Waals surface area contributed by atoms with E-state index in [1.807, 2.05) is 0 Å². The van der Waals surface area contributed by atoms with Crippen molar-refractivity contribution in [2.45, 2.75) is 52.0 Å². The van der Waals surface area contributed by atoms with E-state index in [0.29, 0.717) is 10.4 Å². The number of nitrogens with one attached hydrogen (secondary N) is 1. The Hall–Kier alpha value is -2.86. The van der Waals surface area contributed by atoms with E-state index in [2.05, 4.69) is 5.32 Å². The lowest BCUT2D eigenvalue weighted by Crippen LogP contribution is -2.54. The molecule has 2 amide bonds. The summed E-state index contributed by atoms with van der Waals surface area (Å²) in [7, 11) is -4.28. The first-order valence-corrected chi connectivity index (χ1v) is 13.2. The number of anilines is 1. The maximum atomic E-state index is 14.4. The van der Waals surface area contributed by atoms with Crippen molar-refractivity contribution in [3.8, 4) is 0 Å². The van der Waals surface area contributed by atoms with Crippen molar-refractivity contribution in [2.24, 2.45) is 0 Å². The molecule has 0 aliphatic carbocycles. The molecule has 0 heterocycles. The summed E-state index contributed by atoms with van der Waals surface area (Å²) in [6.45, 7) is 5.19. The van der Waals surface area contributed by atoms with Crippen molar-refractivity contribution in [3.63, 3.8) is 0 Å². The molecule has 0 fully saturated rings. The zero-order valence-electron chi connectivity index (χ0n) is 20.9. The third-order valence-electron chi connectivity index (χ3n) is 5.19. The van der Waals surface area contributed by atoms with Crippen LogP contribution in [0.1, 0.15) is 38.8 Å². The molecular formula is C24H28ClF4N3O4S. The Bertz CT molecular complexity index is 1260. The highest BCUT2D eigenvalue weighted by Crippen LogP contribution is 2.37. The molecule has 1 N–H and O–H groups in total. The van der Waals surface area contributed by atoms with Gasteiger partial charge < -0.3 is 10.2 Å². The fourth-order valence-electron chi connectivity index (χ4n) is 3.37. The molecule has 0 aliphatic rings. The fraction of sp³-hybridized carbons (Fsp3) is 0.417. The molecule has 0 spiro atoms. The minimum atomic E-state index is -4.88. The Balaban J connectivity index is 2.51. The zero-order chi connectivity index (χ0) is 28.3. The summed E-state index contributed by atoms with van der Waals surface area (Å²) in [5.41, 5.74) is -2.35. The summed E-state index contributed by atoms with van der Waals surface area (Å²) >= 11 is 5.65. The van der Waals surface area contributed by atoms with Gasteiger partial charge in [-0.1, -0.05) is 29.8 Å². The number of benzene rings is 2. The molecule has 0 unspecified atom stereocenters. The first-order chi connectivity index (χ1) is 16.8. The Morgan fingerprint density at radius 1 is 1.08 bits per heavy atom. The average molecular weight is 566 g/mol. The number of rotatable bonds is 8. The SMILES string of the molecule is C[C@H](C(=O)NC(C)(C)C)N(Cc1ccccc1F)C(=O)CN(c1ccc(Cl)c(C(F)(F)F)c1)S(C)(=O)=O. The van der Waals surface area contributed by atoms with Crippen LogP contribution < -0.4 is 9.62 Å². The zero-order valence-corrected chi connectivity index (χ0v) is 22.4. The third-order valence-corrected chi connectivity index (χ3v) is 6.66. The van der Waals surface area contributed by atoms with E-state index in [-0.39, 0.29) is 5.56 Å². The lowest BCUT2D eigenvalue weighted by atomic mass is 10.1. The molecule has 0 aliphatic heterocycles. The Morgan fingerprint density at radius 2 is 1.68 bits per heavy atom. The van der Waals surface area contributed by atoms with Crippen LogP contribution in [-0.4, -0.2) is 49.5 Å². The van der Waals surface area contributed by atoms with Crippen LogP contribution in [0.4, 0.5) is 23.2 Å². The van der Waals surface area contributed by atoms with E-state index in [0.717, 1.165) is 29.4 Å². The van der Waals surface area contributed by atoms with Gasteiger partial charge in [-0.15, -0.1) is 0 Å². The predicted molar refractivity (Wildman–Crippen MR) is 133 cm³/mol. The number of amides is 2. The number of sulfonamides is 1. The van der Waals surface area contributed by atoms with Crippen LogP contribution in [0, 0.1) is 5.82 Å². The second-order valence-corrected chi connectivity index (χ2v) is 11.8. The minimum absolute atomic E-state index is 0.0583. The van der Waals surface area contributed by atoms with E-state index in [9.17, 15) is 35.6 Å². The molecule has 37 heavy (non-hydrogen) atoms. The number of alkyl halides is 3. The van der Waals surface area contributed by atoms with E-state index < -0.39 is 74.8 Å². The molecule has 0 saturated heterocycles. The largest absolute Gasteiger partial charge is 0.417 e. The van der Waals surface area contributed by atoms with Gasteiger partial charge >= 0.3 is 6.18 Å². The van der Waals surface area contributed by atoms with Crippen molar-refractivity contribution in [2.75, 3.05) is 17.1 Å². The van der Waals surface area contributed by atoms with Gasteiger partial charge in [0.05, 0.1) is 22.5 Å². The Labute approximate surface area is 218 Å². The van der Waals surface area contributed by atoms with Crippen LogP contribution in [0.5, 0.6) is 0 Å². The van der Waals surface area contributed by atoms with E-state index in [1.165, 1.54) is 25.1 Å². The van der Waals surface area contributed by atoms with Crippen LogP contribution in [-0.2, 0) is 32.3 Å². The highest BCUT2D eigenvalue weighted by molar-refractivity contribution is 7.92. The second-order valence-electron chi connectivity index (χ2n) is 9.46. The van der Waals surface area contributed by atoms with Gasteiger partial charge in [0, 0.05) is 17.6 Å². The van der Waals surface area contributed by atoms with Gasteiger partial charge in [-0.3, -0.25) is 13.9 Å². The first kappa shape index (κ1) is 30.4. The van der Waals surface area contributed by atoms with E-state index in [4.69, 9.17) is 11.6 Å². The highest BCUT2D eigenvalue weighted by Gasteiger charge is 2.36. The van der Waals surface area contributed by atoms with Crippen molar-refractivity contribution in [1.29, 1.82) is 0 Å². The Morgan fingerprint density at radius 3 is 2.19 bits per heavy atom. The van der Waals surface area contributed by atoms with Gasteiger partial charge in [-0.25, -0.2) is 12.8 Å². The molecule has 2 aromatic rings. The number of carbonyl (C=O) groups excluding carboxylic acids is 2. The van der Waals surface area contributed by atoms with E-state index >= 15 is 0 Å². The smallest absolute Gasteiger partial charge is 0.350 e. The molecule has 13 heteroatoms. The number of hydrogen-bond donors (Lipinski definition) is 1. The number of nitrogens with zero attached hydrogens (tertiary/aromatic N) is 2. The van der Waals surface area contributed by atoms with Crippen molar-refractivity contribution < 1.29 is 35.6 Å². The molecule has 0 radical (unpaired) electrons. The third kappa shape index (κ3) is 8.32. The molecule has 0 saturated carbocycles. The summed E-state index contributed by atoms with van der Waals surface area (Å²) in [6.07, 6.45) is -4.16. The minimum Gasteiger partial charge on any atom is -0.350 e. The van der Waals surface area contributed by atoms with Gasteiger partial charge in [0.2, 0.25) is 21.8 Å². The van der Waals surface area contributed by atoms with Gasteiger partial charge in [0.25, 0.3) is 0 Å². The summed E-state index contributed by atoms with van der Waals surface area (Å²) in [5.74, 6) is -2.18. The monoisotopic (exact) mass is 565 g/mol. The van der Waals surface area contributed by atoms with Crippen LogP contribution in [0.25, 0.3) is 0 Å². The predicted octanol–water partition coefficient (Wildman–Crippen LogP) is 4.60. The van der Waals surface area contributed by atoms with Crippen LogP contribution >= 0.6 is 11.6 Å². The standard InChI is InChI=1S/C24H28ClF4N3O4S/c1-15(22(34)30-23(2,3)4)31(13-16-8-6-7-9-20(16)26)21(33)14-32(37(5,35)36)17-10-11-19(25)18(12-17)24(27,28)29/h6-12,15H,13-14H2,1-5H3,(H,30,34)/t15-/m1/s1. The number of hydrogen-bond acceptors (Lipinski definition) is 4. The highest BCUT2D eigenvalue weighted by atomic mass is 35.5. The van der Waals surface area contributed by atoms with Gasteiger partial charge in [-0.05, 0) is 52.0 Å². The number of carbonyl (C=O) groups is 2. The van der Waals surface area contributed by atoms with E-state index in [1.54, 1.807) is 20.8 Å². The number of halogens is 5. The van der Waals surface area contributed by atoms with Crippen LogP contribution in [0.15, 0.2) is 42.5 Å².